The van der Waals surface area contributed by atoms with Crippen LogP contribution in [0.5, 0.6) is 0 Å². The van der Waals surface area contributed by atoms with Crippen LogP contribution in [0.25, 0.3) is 10.9 Å². The van der Waals surface area contributed by atoms with E-state index in [1.807, 2.05) is 12.1 Å². The van der Waals surface area contributed by atoms with Crippen molar-refractivity contribution in [1.82, 2.24) is 14.8 Å². The average molecular weight is 405 g/mol. The minimum absolute atomic E-state index is 0.0839. The molecule has 0 bridgehead atoms. The zero-order chi connectivity index (χ0) is 21.1. The molecule has 1 aliphatic heterocycles. The number of hydrogen-bond acceptors (Lipinski definition) is 6. The summed E-state index contributed by atoms with van der Waals surface area (Å²) >= 11 is 0. The van der Waals surface area contributed by atoms with Crippen LogP contribution in [0.1, 0.15) is 15.9 Å². The quantitative estimate of drug-likeness (QED) is 0.518. The fourth-order valence-electron chi connectivity index (χ4n) is 3.86. The van der Waals surface area contributed by atoms with Gasteiger partial charge < -0.3 is 10.2 Å². The molecule has 1 fully saturated rings. The Morgan fingerprint density at radius 2 is 1.90 bits per heavy atom. The summed E-state index contributed by atoms with van der Waals surface area (Å²) in [6.07, 6.45) is 1.81. The van der Waals surface area contributed by atoms with Gasteiger partial charge in [0.15, 0.2) is 0 Å². The molecule has 0 saturated carbocycles. The van der Waals surface area contributed by atoms with Crippen LogP contribution in [0.4, 0.5) is 11.4 Å². The van der Waals surface area contributed by atoms with Crippen molar-refractivity contribution in [2.45, 2.75) is 6.54 Å². The molecule has 4 rings (SSSR count). The average Bonchev–Trinajstić information content (AvgIpc) is 2.79. The predicted octanol–water partition coefficient (Wildman–Crippen LogP) is 3.14. The molecule has 1 N–H and O–H groups in total. The Hall–Kier alpha value is -3.52. The second-order valence-corrected chi connectivity index (χ2v) is 7.30. The van der Waals surface area contributed by atoms with E-state index in [4.69, 9.17) is 0 Å². The van der Waals surface area contributed by atoms with Crippen LogP contribution in [0.3, 0.4) is 0 Å². The maximum atomic E-state index is 13.0. The molecular weight excluding hydrogens is 382 g/mol. The van der Waals surface area contributed by atoms with Gasteiger partial charge in [0.25, 0.3) is 11.6 Å². The molecule has 1 aliphatic rings. The van der Waals surface area contributed by atoms with Crippen LogP contribution in [0.15, 0.2) is 54.7 Å². The van der Waals surface area contributed by atoms with Crippen LogP contribution in [0, 0.1) is 10.1 Å². The van der Waals surface area contributed by atoms with Crippen molar-refractivity contribution in [1.29, 1.82) is 0 Å². The Kier molecular flexibility index (Phi) is 5.58. The van der Waals surface area contributed by atoms with Gasteiger partial charge in [-0.15, -0.1) is 0 Å². The van der Waals surface area contributed by atoms with Crippen LogP contribution < -0.4 is 5.32 Å². The van der Waals surface area contributed by atoms with Crippen molar-refractivity contribution in [2.24, 2.45) is 0 Å². The lowest BCUT2D eigenvalue weighted by molar-refractivity contribution is -0.384. The number of anilines is 1. The standard InChI is InChI=1S/C22H23N5O3/c1-23-20-8-7-18(27(29)30)14-19(20)22(28)26-12-10-25(11-13-26)15-17-5-2-4-16-6-3-9-24-21(16)17/h2-9,14,23H,10-13,15H2,1H3. The minimum atomic E-state index is -0.480. The van der Waals surface area contributed by atoms with E-state index in [2.05, 4.69) is 33.4 Å². The van der Waals surface area contributed by atoms with Gasteiger partial charge in [-0.3, -0.25) is 24.8 Å². The lowest BCUT2D eigenvalue weighted by atomic mass is 10.1. The Morgan fingerprint density at radius 1 is 1.13 bits per heavy atom. The number of piperazine rings is 1. The fraction of sp³-hybridized carbons (Fsp3) is 0.273. The van der Waals surface area contributed by atoms with Gasteiger partial charge in [-0.05, 0) is 17.7 Å². The van der Waals surface area contributed by atoms with E-state index >= 15 is 0 Å². The lowest BCUT2D eigenvalue weighted by Gasteiger charge is -2.35. The highest BCUT2D eigenvalue weighted by Gasteiger charge is 2.25. The maximum absolute atomic E-state index is 13.0. The summed E-state index contributed by atoms with van der Waals surface area (Å²) in [7, 11) is 1.70. The number of nitrogens with zero attached hydrogens (tertiary/aromatic N) is 4. The number of fused-ring (bicyclic) bond motifs is 1. The first kappa shape index (κ1) is 19.8. The first-order valence-corrected chi connectivity index (χ1v) is 9.87. The highest BCUT2D eigenvalue weighted by atomic mass is 16.6. The molecule has 0 aliphatic carbocycles. The molecule has 154 valence electrons. The van der Waals surface area contributed by atoms with Crippen LogP contribution in [0.2, 0.25) is 0 Å². The second kappa shape index (κ2) is 8.46. The van der Waals surface area contributed by atoms with Crippen molar-refractivity contribution < 1.29 is 9.72 Å². The molecule has 1 saturated heterocycles. The number of para-hydroxylation sites is 1. The number of amides is 1. The molecule has 8 nitrogen and oxygen atoms in total. The highest BCUT2D eigenvalue weighted by Crippen LogP contribution is 2.24. The first-order chi connectivity index (χ1) is 14.6. The summed E-state index contributed by atoms with van der Waals surface area (Å²) in [4.78, 5) is 32.2. The number of non-ortho nitro benzene ring substituents is 1. The molecule has 2 heterocycles. The lowest BCUT2D eigenvalue weighted by Crippen LogP contribution is -2.48. The number of nitro benzene ring substituents is 1. The number of pyridine rings is 1. The molecule has 2 aromatic carbocycles. The van der Waals surface area contributed by atoms with Gasteiger partial charge in [-0.2, -0.15) is 0 Å². The molecular formula is C22H23N5O3. The Bertz CT molecular complexity index is 1090. The molecule has 0 spiro atoms. The van der Waals surface area contributed by atoms with Crippen molar-refractivity contribution >= 4 is 28.2 Å². The zero-order valence-electron chi connectivity index (χ0n) is 16.7. The molecule has 0 atom stereocenters. The number of carbonyl (C=O) groups is 1. The number of nitrogens with one attached hydrogen (secondary N) is 1. The fourth-order valence-corrected chi connectivity index (χ4v) is 3.86. The monoisotopic (exact) mass is 405 g/mol. The summed E-state index contributed by atoms with van der Waals surface area (Å²) in [6, 6.07) is 14.5. The van der Waals surface area contributed by atoms with E-state index in [1.165, 1.54) is 17.7 Å². The van der Waals surface area contributed by atoms with Crippen molar-refractivity contribution in [2.75, 3.05) is 38.5 Å². The van der Waals surface area contributed by atoms with E-state index < -0.39 is 4.92 Å². The van der Waals surface area contributed by atoms with Crippen LogP contribution in [-0.2, 0) is 6.54 Å². The number of nitro groups is 1. The Balaban J connectivity index is 1.45. The third-order valence-corrected chi connectivity index (χ3v) is 5.48. The van der Waals surface area contributed by atoms with Gasteiger partial charge in [-0.25, -0.2) is 0 Å². The van der Waals surface area contributed by atoms with E-state index in [0.717, 1.165) is 30.5 Å². The second-order valence-electron chi connectivity index (χ2n) is 7.30. The van der Waals surface area contributed by atoms with Crippen molar-refractivity contribution in [3.63, 3.8) is 0 Å². The Morgan fingerprint density at radius 3 is 2.63 bits per heavy atom. The van der Waals surface area contributed by atoms with E-state index in [-0.39, 0.29) is 11.6 Å². The van der Waals surface area contributed by atoms with Gasteiger partial charge in [0.1, 0.15) is 0 Å². The summed E-state index contributed by atoms with van der Waals surface area (Å²) < 4.78 is 0. The summed E-state index contributed by atoms with van der Waals surface area (Å²) in [5, 5.41) is 15.2. The summed E-state index contributed by atoms with van der Waals surface area (Å²) in [5.41, 5.74) is 3.02. The van der Waals surface area contributed by atoms with E-state index in [1.54, 1.807) is 24.2 Å². The Labute approximate surface area is 174 Å². The molecule has 30 heavy (non-hydrogen) atoms. The van der Waals surface area contributed by atoms with E-state index in [9.17, 15) is 14.9 Å². The van der Waals surface area contributed by atoms with Gasteiger partial charge in [0, 0.05) is 69.2 Å². The molecule has 0 unspecified atom stereocenters. The summed E-state index contributed by atoms with van der Waals surface area (Å²) in [5.74, 6) is -0.186. The maximum Gasteiger partial charge on any atom is 0.270 e. The van der Waals surface area contributed by atoms with Gasteiger partial charge >= 0.3 is 0 Å². The molecule has 1 aromatic heterocycles. The third kappa shape index (κ3) is 3.95. The van der Waals surface area contributed by atoms with Crippen molar-refractivity contribution in [3.05, 3.63) is 76.0 Å². The van der Waals surface area contributed by atoms with Crippen LogP contribution in [-0.4, -0.2) is 58.8 Å². The number of hydrogen-bond donors (Lipinski definition) is 1. The van der Waals surface area contributed by atoms with Crippen LogP contribution >= 0.6 is 0 Å². The number of aromatic nitrogens is 1. The number of rotatable bonds is 5. The first-order valence-electron chi connectivity index (χ1n) is 9.87. The zero-order valence-corrected chi connectivity index (χ0v) is 16.7. The highest BCUT2D eigenvalue weighted by molar-refractivity contribution is 6.00. The SMILES string of the molecule is CNc1ccc([N+](=O)[O-])cc1C(=O)N1CCN(Cc2cccc3cccnc23)CC1. The van der Waals surface area contributed by atoms with Crippen molar-refractivity contribution in [3.8, 4) is 0 Å². The van der Waals surface area contributed by atoms with E-state index in [0.29, 0.717) is 24.3 Å². The molecule has 1 amide bonds. The third-order valence-electron chi connectivity index (χ3n) is 5.48. The number of carbonyl (C=O) groups excluding carboxylic acids is 1. The van der Waals surface area contributed by atoms with Gasteiger partial charge in [0.05, 0.1) is 16.0 Å². The normalized spacial score (nSPS) is 14.6. The molecule has 8 heteroatoms. The van der Waals surface area contributed by atoms with Gasteiger partial charge in [0.2, 0.25) is 0 Å². The van der Waals surface area contributed by atoms with Gasteiger partial charge in [-0.1, -0.05) is 24.3 Å². The number of benzene rings is 2. The largest absolute Gasteiger partial charge is 0.387 e. The summed E-state index contributed by atoms with van der Waals surface area (Å²) in [6.45, 7) is 3.39. The molecule has 0 radical (unpaired) electrons. The predicted molar refractivity (Wildman–Crippen MR) is 116 cm³/mol. The minimum Gasteiger partial charge on any atom is -0.387 e. The molecule has 3 aromatic rings. The smallest absolute Gasteiger partial charge is 0.270 e. The topological polar surface area (TPSA) is 91.6 Å².